The molecule has 1 aromatic carbocycles. The van der Waals surface area contributed by atoms with Gasteiger partial charge in [-0.1, -0.05) is 11.6 Å². The van der Waals surface area contributed by atoms with Crippen LogP contribution in [0.25, 0.3) is 11.1 Å². The summed E-state index contributed by atoms with van der Waals surface area (Å²) in [5.74, 6) is 0.978. The molecule has 38 heavy (non-hydrogen) atoms. The van der Waals surface area contributed by atoms with Gasteiger partial charge in [0, 0.05) is 72.5 Å². The van der Waals surface area contributed by atoms with Crippen molar-refractivity contribution < 1.29 is 5.11 Å². The Hall–Kier alpha value is -2.13. The lowest BCUT2D eigenvalue weighted by molar-refractivity contribution is -0.000848. The molecule has 2 aromatic rings. The number of aromatic nitrogens is 2. The minimum atomic E-state index is -0.258. The van der Waals surface area contributed by atoms with Gasteiger partial charge in [-0.15, -0.1) is 0 Å². The largest absolute Gasteiger partial charge is 0.398 e. The van der Waals surface area contributed by atoms with Crippen molar-refractivity contribution >= 4 is 29.3 Å². The molecule has 2 saturated heterocycles. The normalized spacial score (nSPS) is 22.8. The van der Waals surface area contributed by atoms with Crippen LogP contribution in [0.1, 0.15) is 68.8 Å². The summed E-state index contributed by atoms with van der Waals surface area (Å²) in [5.41, 5.74) is 11.8. The van der Waals surface area contributed by atoms with E-state index in [0.717, 1.165) is 86.6 Å². The van der Waals surface area contributed by atoms with E-state index in [1.807, 2.05) is 13.0 Å². The van der Waals surface area contributed by atoms with E-state index in [-0.39, 0.29) is 17.7 Å². The van der Waals surface area contributed by atoms with Crippen molar-refractivity contribution in [1.82, 2.24) is 20.0 Å². The van der Waals surface area contributed by atoms with Crippen molar-refractivity contribution in [1.29, 1.82) is 5.41 Å². The molecule has 0 atom stereocenters. The molecule has 2 aliphatic carbocycles. The predicted octanol–water partition coefficient (Wildman–Crippen LogP) is 4.14. The highest BCUT2D eigenvalue weighted by atomic mass is 35.5. The standard InChI is InChI=1S/C29H42ClN7O/c1-18-10-22(32)21(13-31)24(25(18)30)23-19(2)37(20-11-28(12-20)14-33-15-28)34-26(23)36-9-8-35(27(3,4)17-38)16-29(36)6-5-7-29/h10,13,20,31,33,38H,5-9,11-12,14-17,32H2,1-4H3. The van der Waals surface area contributed by atoms with Crippen LogP contribution in [0, 0.1) is 24.7 Å². The molecule has 0 amide bonds. The SMILES string of the molecule is Cc1cc(N)c(C=N)c(-c2c(N3CCN(C(C)(C)CO)CC34CCC4)nn(C3CC4(CNC4)C3)c2C)c1Cl. The Balaban J connectivity index is 1.49. The summed E-state index contributed by atoms with van der Waals surface area (Å²) in [6.07, 6.45) is 7.04. The number of hydrogen-bond donors (Lipinski definition) is 4. The smallest absolute Gasteiger partial charge is 0.159 e. The highest BCUT2D eigenvalue weighted by Gasteiger charge is 2.52. The zero-order valence-corrected chi connectivity index (χ0v) is 24.0. The Kier molecular flexibility index (Phi) is 6.15. The first-order chi connectivity index (χ1) is 18.0. The highest BCUT2D eigenvalue weighted by Crippen LogP contribution is 2.54. The third kappa shape index (κ3) is 3.74. The predicted molar refractivity (Wildman–Crippen MR) is 155 cm³/mol. The molecule has 4 aliphatic rings. The van der Waals surface area contributed by atoms with Gasteiger partial charge in [0.25, 0.3) is 0 Å². The number of aliphatic hydroxyl groups is 1. The summed E-state index contributed by atoms with van der Waals surface area (Å²) in [6.45, 7) is 13.4. The summed E-state index contributed by atoms with van der Waals surface area (Å²) < 4.78 is 2.26. The average molecular weight is 540 g/mol. The lowest BCUT2D eigenvalue weighted by atomic mass is 9.61. The Morgan fingerprint density at radius 3 is 2.50 bits per heavy atom. The van der Waals surface area contributed by atoms with Crippen molar-refractivity contribution in [3.63, 3.8) is 0 Å². The fraction of sp³-hybridized carbons (Fsp3) is 0.655. The van der Waals surface area contributed by atoms with Crippen LogP contribution in [0.2, 0.25) is 5.02 Å². The number of rotatable bonds is 6. The topological polar surface area (TPSA) is 106 Å². The minimum Gasteiger partial charge on any atom is -0.398 e. The van der Waals surface area contributed by atoms with Crippen LogP contribution in [-0.4, -0.2) is 76.4 Å². The van der Waals surface area contributed by atoms with Crippen LogP contribution in [-0.2, 0) is 0 Å². The van der Waals surface area contributed by atoms with E-state index in [0.29, 0.717) is 27.7 Å². The number of halogens is 1. The fourth-order valence-corrected chi connectivity index (χ4v) is 7.64. The first kappa shape index (κ1) is 26.1. The molecule has 2 saturated carbocycles. The molecule has 8 nitrogen and oxygen atoms in total. The summed E-state index contributed by atoms with van der Waals surface area (Å²) in [5, 5.41) is 27.8. The number of aryl methyl sites for hydroxylation is 1. The van der Waals surface area contributed by atoms with Crippen molar-refractivity contribution in [2.24, 2.45) is 5.41 Å². The maximum Gasteiger partial charge on any atom is 0.159 e. The number of hydrogen-bond acceptors (Lipinski definition) is 7. The van der Waals surface area contributed by atoms with E-state index in [4.69, 9.17) is 27.8 Å². The van der Waals surface area contributed by atoms with E-state index in [9.17, 15) is 5.11 Å². The molecule has 0 bridgehead atoms. The van der Waals surface area contributed by atoms with Gasteiger partial charge < -0.3 is 26.5 Å². The van der Waals surface area contributed by atoms with E-state index in [1.165, 1.54) is 12.6 Å². The molecule has 206 valence electrons. The van der Waals surface area contributed by atoms with Gasteiger partial charge in [-0.25, -0.2) is 0 Å². The number of nitrogens with zero attached hydrogens (tertiary/aromatic N) is 4. The van der Waals surface area contributed by atoms with E-state index < -0.39 is 0 Å². The maximum absolute atomic E-state index is 10.1. The van der Waals surface area contributed by atoms with Gasteiger partial charge in [-0.3, -0.25) is 9.58 Å². The monoisotopic (exact) mass is 539 g/mol. The third-order valence-electron chi connectivity index (χ3n) is 10.2. The van der Waals surface area contributed by atoms with Gasteiger partial charge in [0.05, 0.1) is 23.2 Å². The number of aliphatic hydroxyl groups excluding tert-OH is 1. The number of piperazine rings is 1. The Bertz CT molecular complexity index is 1270. The molecule has 9 heteroatoms. The van der Waals surface area contributed by atoms with Crippen LogP contribution < -0.4 is 16.0 Å². The van der Waals surface area contributed by atoms with Gasteiger partial charge in [0.15, 0.2) is 5.82 Å². The second-order valence-electron chi connectivity index (χ2n) is 13.0. The van der Waals surface area contributed by atoms with Crippen LogP contribution >= 0.6 is 11.6 Å². The van der Waals surface area contributed by atoms with Gasteiger partial charge in [-0.05, 0) is 76.8 Å². The first-order valence-corrected chi connectivity index (χ1v) is 14.5. The second-order valence-corrected chi connectivity index (χ2v) is 13.4. The fourth-order valence-electron chi connectivity index (χ4n) is 7.39. The first-order valence-electron chi connectivity index (χ1n) is 14.1. The summed E-state index contributed by atoms with van der Waals surface area (Å²) in [6, 6.07) is 2.24. The van der Waals surface area contributed by atoms with Crippen LogP contribution in [0.3, 0.4) is 0 Å². The number of nitrogen functional groups attached to an aromatic ring is 1. The molecule has 4 fully saturated rings. The molecular formula is C29H42ClN7O. The van der Waals surface area contributed by atoms with Crippen molar-refractivity contribution in [2.75, 3.05) is 50.0 Å². The minimum absolute atomic E-state index is 0.0174. The Morgan fingerprint density at radius 2 is 1.95 bits per heavy atom. The molecule has 0 radical (unpaired) electrons. The van der Waals surface area contributed by atoms with E-state index in [1.54, 1.807) is 0 Å². The van der Waals surface area contributed by atoms with Crippen molar-refractivity contribution in [2.45, 2.75) is 76.9 Å². The number of benzene rings is 1. The molecule has 5 N–H and O–H groups in total. The molecule has 0 unspecified atom stereocenters. The average Bonchev–Trinajstić information content (AvgIpc) is 3.14. The molecule has 1 aromatic heterocycles. The molecule has 2 aliphatic heterocycles. The van der Waals surface area contributed by atoms with Crippen LogP contribution in [0.5, 0.6) is 0 Å². The highest BCUT2D eigenvalue weighted by molar-refractivity contribution is 6.35. The van der Waals surface area contributed by atoms with Crippen LogP contribution in [0.15, 0.2) is 6.07 Å². The van der Waals surface area contributed by atoms with E-state index >= 15 is 0 Å². The Labute approximate surface area is 231 Å². The summed E-state index contributed by atoms with van der Waals surface area (Å²) in [4.78, 5) is 4.99. The number of anilines is 2. The zero-order chi connectivity index (χ0) is 27.0. The number of nitrogens with one attached hydrogen (secondary N) is 2. The van der Waals surface area contributed by atoms with Crippen LogP contribution in [0.4, 0.5) is 11.5 Å². The van der Waals surface area contributed by atoms with Crippen molar-refractivity contribution in [3.05, 3.63) is 27.9 Å². The zero-order valence-electron chi connectivity index (χ0n) is 23.2. The second kappa shape index (κ2) is 8.95. The molecule has 3 heterocycles. The lowest BCUT2D eigenvalue weighted by Gasteiger charge is -2.59. The quantitative estimate of drug-likeness (QED) is 0.325. The van der Waals surface area contributed by atoms with Gasteiger partial charge >= 0.3 is 0 Å². The maximum atomic E-state index is 10.1. The van der Waals surface area contributed by atoms with Gasteiger partial charge in [-0.2, -0.15) is 5.10 Å². The molecule has 6 rings (SSSR count). The molecular weight excluding hydrogens is 498 g/mol. The number of nitrogens with two attached hydrogens (primary N) is 1. The van der Waals surface area contributed by atoms with Gasteiger partial charge in [0.1, 0.15) is 0 Å². The van der Waals surface area contributed by atoms with Crippen molar-refractivity contribution in [3.8, 4) is 11.1 Å². The van der Waals surface area contributed by atoms with E-state index in [2.05, 4.69) is 40.6 Å². The third-order valence-corrected chi connectivity index (χ3v) is 10.6. The Morgan fingerprint density at radius 1 is 1.24 bits per heavy atom. The summed E-state index contributed by atoms with van der Waals surface area (Å²) >= 11 is 7.04. The summed E-state index contributed by atoms with van der Waals surface area (Å²) in [7, 11) is 0. The lowest BCUT2D eigenvalue weighted by Crippen LogP contribution is -2.69. The molecule has 2 spiro atoms. The van der Waals surface area contributed by atoms with Gasteiger partial charge in [0.2, 0.25) is 0 Å².